The van der Waals surface area contributed by atoms with Gasteiger partial charge in [0.15, 0.2) is 11.0 Å². The highest BCUT2D eigenvalue weighted by Crippen LogP contribution is 2.36. The fraction of sp³-hybridized carbons (Fsp3) is 0.227. The minimum absolute atomic E-state index is 0.612. The average Bonchev–Trinajstić information content (AvgIpc) is 3.52. The van der Waals surface area contributed by atoms with Crippen LogP contribution < -0.4 is 9.47 Å². The number of thiazole rings is 1. The van der Waals surface area contributed by atoms with Gasteiger partial charge in [-0.15, -0.1) is 28.1 Å². The second-order valence-electron chi connectivity index (χ2n) is 6.59. The van der Waals surface area contributed by atoms with Crippen molar-refractivity contribution in [3.63, 3.8) is 0 Å². The van der Waals surface area contributed by atoms with E-state index in [1.807, 2.05) is 41.8 Å². The molecule has 3 aromatic heterocycles. The molecule has 31 heavy (non-hydrogen) atoms. The van der Waals surface area contributed by atoms with Crippen molar-refractivity contribution in [2.24, 2.45) is 0 Å². The Labute approximate surface area is 188 Å². The molecule has 0 amide bonds. The van der Waals surface area contributed by atoms with Crippen LogP contribution in [0.25, 0.3) is 22.0 Å². The summed E-state index contributed by atoms with van der Waals surface area (Å²) in [6, 6.07) is 7.64. The van der Waals surface area contributed by atoms with E-state index in [2.05, 4.69) is 22.2 Å². The highest BCUT2D eigenvalue weighted by Gasteiger charge is 2.18. The van der Waals surface area contributed by atoms with Crippen LogP contribution in [-0.4, -0.2) is 34.0 Å². The summed E-state index contributed by atoms with van der Waals surface area (Å²) in [7, 11) is 3.28. The maximum Gasteiger partial charge on any atom is 0.192 e. The van der Waals surface area contributed by atoms with Crippen LogP contribution in [0, 0.1) is 6.92 Å². The predicted molar refractivity (Wildman–Crippen MR) is 123 cm³/mol. The third-order valence-corrected chi connectivity index (χ3v) is 6.59. The summed E-state index contributed by atoms with van der Waals surface area (Å²) >= 11 is 3.18. The number of rotatable bonds is 9. The van der Waals surface area contributed by atoms with Gasteiger partial charge in [-0.3, -0.25) is 4.57 Å². The first-order chi connectivity index (χ1) is 15.1. The van der Waals surface area contributed by atoms with Crippen molar-refractivity contribution in [3.8, 4) is 33.5 Å². The predicted octanol–water partition coefficient (Wildman–Crippen LogP) is 5.47. The molecule has 0 radical (unpaired) electrons. The molecule has 0 saturated carbocycles. The van der Waals surface area contributed by atoms with E-state index in [4.69, 9.17) is 18.9 Å². The maximum atomic E-state index is 5.51. The normalized spacial score (nSPS) is 10.9. The zero-order chi connectivity index (χ0) is 21.8. The number of hydrogen-bond acceptors (Lipinski definition) is 8. The summed E-state index contributed by atoms with van der Waals surface area (Å²) in [6.45, 7) is 6.39. The van der Waals surface area contributed by atoms with Gasteiger partial charge >= 0.3 is 0 Å². The quantitative estimate of drug-likeness (QED) is 0.245. The lowest BCUT2D eigenvalue weighted by Gasteiger charge is -2.08. The lowest BCUT2D eigenvalue weighted by Crippen LogP contribution is -2.01. The van der Waals surface area contributed by atoms with E-state index in [1.165, 1.54) is 0 Å². The summed E-state index contributed by atoms with van der Waals surface area (Å²) < 4.78 is 18.3. The molecule has 0 unspecified atom stereocenters. The van der Waals surface area contributed by atoms with Gasteiger partial charge in [0.05, 0.1) is 37.3 Å². The summed E-state index contributed by atoms with van der Waals surface area (Å²) in [5.41, 5.74) is 2.85. The first-order valence-corrected chi connectivity index (χ1v) is 11.4. The molecule has 0 saturated heterocycles. The summed E-state index contributed by atoms with van der Waals surface area (Å²) in [5.74, 6) is 3.74. The Bertz CT molecular complexity index is 1200. The van der Waals surface area contributed by atoms with E-state index in [0.717, 1.165) is 50.1 Å². The van der Waals surface area contributed by atoms with Gasteiger partial charge < -0.3 is 13.9 Å². The molecule has 4 aromatic rings. The smallest absolute Gasteiger partial charge is 0.192 e. The molecule has 0 atom stereocenters. The van der Waals surface area contributed by atoms with Crippen molar-refractivity contribution in [2.45, 2.75) is 24.4 Å². The molecular weight excluding hydrogens is 432 g/mol. The molecular formula is C22H22N4O3S2. The van der Waals surface area contributed by atoms with Crippen LogP contribution in [-0.2, 0) is 12.3 Å². The van der Waals surface area contributed by atoms with Crippen LogP contribution in [0.2, 0.25) is 0 Å². The summed E-state index contributed by atoms with van der Waals surface area (Å²) in [5, 5.41) is 12.5. The second-order valence-corrected chi connectivity index (χ2v) is 8.40. The molecule has 0 bridgehead atoms. The van der Waals surface area contributed by atoms with Gasteiger partial charge in [-0.05, 0) is 25.1 Å². The summed E-state index contributed by atoms with van der Waals surface area (Å²) in [4.78, 5) is 4.79. The Balaban J connectivity index is 1.54. The maximum absolute atomic E-state index is 5.51. The van der Waals surface area contributed by atoms with Crippen LogP contribution in [0.5, 0.6) is 11.5 Å². The monoisotopic (exact) mass is 454 g/mol. The Morgan fingerprint density at radius 2 is 2.06 bits per heavy atom. The Morgan fingerprint density at radius 3 is 2.77 bits per heavy atom. The van der Waals surface area contributed by atoms with E-state index in [9.17, 15) is 0 Å². The van der Waals surface area contributed by atoms with E-state index >= 15 is 0 Å². The number of aromatic nitrogens is 4. The average molecular weight is 455 g/mol. The van der Waals surface area contributed by atoms with E-state index < -0.39 is 0 Å². The molecule has 0 spiro atoms. The molecule has 7 nitrogen and oxygen atoms in total. The molecule has 0 aliphatic rings. The zero-order valence-corrected chi connectivity index (χ0v) is 19.1. The topological polar surface area (TPSA) is 75.2 Å². The molecule has 9 heteroatoms. The lowest BCUT2D eigenvalue weighted by molar-refractivity contribution is 0.395. The third kappa shape index (κ3) is 4.38. The van der Waals surface area contributed by atoms with Gasteiger partial charge in [0.2, 0.25) is 0 Å². The molecule has 0 N–H and O–H groups in total. The van der Waals surface area contributed by atoms with Crippen molar-refractivity contribution in [1.29, 1.82) is 0 Å². The second kappa shape index (κ2) is 9.40. The molecule has 160 valence electrons. The minimum atomic E-state index is 0.612. The molecule has 3 heterocycles. The fourth-order valence-electron chi connectivity index (χ4n) is 3.12. The van der Waals surface area contributed by atoms with E-state index in [0.29, 0.717) is 12.3 Å². The van der Waals surface area contributed by atoms with Gasteiger partial charge in [0, 0.05) is 23.7 Å². The van der Waals surface area contributed by atoms with Crippen molar-refractivity contribution in [3.05, 3.63) is 60.0 Å². The molecule has 0 aliphatic carbocycles. The van der Waals surface area contributed by atoms with Crippen LogP contribution >= 0.6 is 23.1 Å². The lowest BCUT2D eigenvalue weighted by atomic mass is 10.2. The molecule has 0 fully saturated rings. The number of ether oxygens (including phenoxy) is 2. The van der Waals surface area contributed by atoms with Crippen molar-refractivity contribution >= 4 is 23.1 Å². The van der Waals surface area contributed by atoms with Crippen molar-refractivity contribution in [2.75, 3.05) is 14.2 Å². The van der Waals surface area contributed by atoms with E-state index in [-0.39, 0.29) is 0 Å². The highest BCUT2D eigenvalue weighted by atomic mass is 32.2. The van der Waals surface area contributed by atoms with Gasteiger partial charge in [0.1, 0.15) is 22.3 Å². The molecule has 4 rings (SSSR count). The fourth-order valence-corrected chi connectivity index (χ4v) is 4.91. The number of nitrogens with zero attached hydrogens (tertiary/aromatic N) is 4. The number of allylic oxidation sites excluding steroid dienone is 1. The first-order valence-electron chi connectivity index (χ1n) is 9.52. The Kier molecular flexibility index (Phi) is 6.43. The standard InChI is InChI=1S/C22H22N4O3S2/c1-5-9-26-20(17-8-10-29-14(17)2)24-25-22(26)31-13-15-12-30-21(23-15)18-7-6-16(27-3)11-19(18)28-4/h5-8,10-12H,1,9,13H2,2-4H3. The van der Waals surface area contributed by atoms with Gasteiger partial charge in [-0.2, -0.15) is 0 Å². The van der Waals surface area contributed by atoms with Gasteiger partial charge in [-0.25, -0.2) is 4.98 Å². The van der Waals surface area contributed by atoms with Crippen molar-refractivity contribution in [1.82, 2.24) is 19.7 Å². The van der Waals surface area contributed by atoms with Crippen LogP contribution in [0.4, 0.5) is 0 Å². The number of furan rings is 1. The SMILES string of the molecule is C=CCn1c(SCc2csc(-c3ccc(OC)cc3OC)n2)nnc1-c1ccoc1C. The van der Waals surface area contributed by atoms with Gasteiger partial charge in [-0.1, -0.05) is 17.8 Å². The number of aryl methyl sites for hydroxylation is 1. The molecule has 1 aromatic carbocycles. The number of benzene rings is 1. The number of methoxy groups -OCH3 is 2. The Hall–Kier alpha value is -3.04. The zero-order valence-electron chi connectivity index (χ0n) is 17.5. The van der Waals surface area contributed by atoms with Gasteiger partial charge in [0.25, 0.3) is 0 Å². The molecule has 0 aliphatic heterocycles. The Morgan fingerprint density at radius 1 is 1.19 bits per heavy atom. The van der Waals surface area contributed by atoms with E-state index in [1.54, 1.807) is 43.6 Å². The minimum Gasteiger partial charge on any atom is -0.497 e. The van der Waals surface area contributed by atoms with Crippen molar-refractivity contribution < 1.29 is 13.9 Å². The highest BCUT2D eigenvalue weighted by molar-refractivity contribution is 7.98. The van der Waals surface area contributed by atoms with Crippen LogP contribution in [0.3, 0.4) is 0 Å². The first kappa shape index (κ1) is 21.2. The van der Waals surface area contributed by atoms with Crippen LogP contribution in [0.15, 0.2) is 58.1 Å². The number of thioether (sulfide) groups is 1. The third-order valence-electron chi connectivity index (χ3n) is 4.67. The largest absolute Gasteiger partial charge is 0.497 e. The summed E-state index contributed by atoms with van der Waals surface area (Å²) in [6.07, 6.45) is 3.50. The van der Waals surface area contributed by atoms with Crippen LogP contribution in [0.1, 0.15) is 11.5 Å². The number of hydrogen-bond donors (Lipinski definition) is 0.